The molecule has 0 unspecified atom stereocenters. The number of amides is 1. The van der Waals surface area contributed by atoms with E-state index in [-0.39, 0.29) is 18.0 Å². The number of methoxy groups -OCH3 is 2. The Kier molecular flexibility index (Phi) is 8.00. The zero-order chi connectivity index (χ0) is 25.7. The second-order valence-corrected chi connectivity index (χ2v) is 9.48. The summed E-state index contributed by atoms with van der Waals surface area (Å²) in [6.45, 7) is 4.58. The zero-order valence-electron chi connectivity index (χ0n) is 20.7. The van der Waals surface area contributed by atoms with Crippen molar-refractivity contribution < 1.29 is 18.7 Å². The molecule has 0 saturated heterocycles. The van der Waals surface area contributed by atoms with Crippen LogP contribution in [0.4, 0.5) is 0 Å². The van der Waals surface area contributed by atoms with Crippen molar-refractivity contribution >= 4 is 28.6 Å². The summed E-state index contributed by atoms with van der Waals surface area (Å²) in [5, 5.41) is 3.38. The summed E-state index contributed by atoms with van der Waals surface area (Å²) in [6, 6.07) is 14.9. The third kappa shape index (κ3) is 5.57. The Bertz CT molecular complexity index is 1400. The van der Waals surface area contributed by atoms with Gasteiger partial charge in [-0.15, -0.1) is 0 Å². The highest BCUT2D eigenvalue weighted by Crippen LogP contribution is 2.32. The summed E-state index contributed by atoms with van der Waals surface area (Å²) in [7, 11) is 3.05. The fraction of sp³-hybridized carbons (Fsp3) is 0.296. The van der Waals surface area contributed by atoms with Crippen molar-refractivity contribution in [3.05, 3.63) is 82.0 Å². The Morgan fingerprint density at radius 2 is 1.86 bits per heavy atom. The van der Waals surface area contributed by atoms with Gasteiger partial charge in [-0.05, 0) is 37.1 Å². The van der Waals surface area contributed by atoms with Gasteiger partial charge in [-0.2, -0.15) is 0 Å². The number of thioether (sulfide) groups is 1. The molecule has 188 valence electrons. The minimum Gasteiger partial charge on any atom is -0.493 e. The molecule has 9 heteroatoms. The molecule has 1 atom stereocenters. The van der Waals surface area contributed by atoms with Crippen molar-refractivity contribution in [3.63, 3.8) is 0 Å². The van der Waals surface area contributed by atoms with Crippen molar-refractivity contribution in [1.82, 2.24) is 14.9 Å². The normalized spacial score (nSPS) is 11.9. The summed E-state index contributed by atoms with van der Waals surface area (Å²) < 4.78 is 17.8. The Morgan fingerprint density at radius 3 is 2.50 bits per heavy atom. The van der Waals surface area contributed by atoms with Crippen molar-refractivity contribution in [2.45, 2.75) is 43.8 Å². The van der Waals surface area contributed by atoms with Gasteiger partial charge in [0.15, 0.2) is 16.7 Å². The minimum absolute atomic E-state index is 0.116. The highest BCUT2D eigenvalue weighted by atomic mass is 32.2. The van der Waals surface area contributed by atoms with Crippen LogP contribution in [0.2, 0.25) is 0 Å². The predicted octanol–water partition coefficient (Wildman–Crippen LogP) is 4.55. The number of furan rings is 1. The fourth-order valence-electron chi connectivity index (χ4n) is 3.77. The Balaban J connectivity index is 1.68. The number of benzene rings is 2. The minimum atomic E-state index is -0.442. The molecule has 0 radical (unpaired) electrons. The molecule has 0 bridgehead atoms. The summed E-state index contributed by atoms with van der Waals surface area (Å²) in [4.78, 5) is 31.4. The van der Waals surface area contributed by atoms with E-state index in [1.54, 1.807) is 30.5 Å². The molecule has 4 rings (SSSR count). The van der Waals surface area contributed by atoms with Gasteiger partial charge in [0.1, 0.15) is 5.76 Å². The first kappa shape index (κ1) is 25.4. The van der Waals surface area contributed by atoms with Gasteiger partial charge in [-0.1, -0.05) is 48.5 Å². The molecule has 0 aliphatic rings. The quantitative estimate of drug-likeness (QED) is 0.248. The van der Waals surface area contributed by atoms with Crippen LogP contribution >= 0.6 is 11.8 Å². The van der Waals surface area contributed by atoms with Crippen molar-refractivity contribution in [2.24, 2.45) is 0 Å². The van der Waals surface area contributed by atoms with Gasteiger partial charge >= 0.3 is 0 Å². The van der Waals surface area contributed by atoms with Gasteiger partial charge in [0.2, 0.25) is 5.91 Å². The van der Waals surface area contributed by atoms with E-state index in [0.717, 1.165) is 5.56 Å². The average Bonchev–Trinajstić information content (AvgIpc) is 3.41. The molecule has 0 saturated carbocycles. The first-order valence-electron chi connectivity index (χ1n) is 11.6. The van der Waals surface area contributed by atoms with Crippen LogP contribution < -0.4 is 20.3 Å². The van der Waals surface area contributed by atoms with E-state index >= 15 is 0 Å². The molecule has 2 aromatic heterocycles. The largest absolute Gasteiger partial charge is 0.493 e. The highest BCUT2D eigenvalue weighted by Gasteiger charge is 2.23. The van der Waals surface area contributed by atoms with E-state index in [1.165, 1.54) is 36.1 Å². The van der Waals surface area contributed by atoms with E-state index in [4.69, 9.17) is 18.9 Å². The third-order valence-corrected chi connectivity index (χ3v) is 7.17. The molecule has 4 aromatic rings. The number of nitrogens with one attached hydrogen (secondary N) is 1. The summed E-state index contributed by atoms with van der Waals surface area (Å²) in [6.07, 6.45) is 2.12. The van der Waals surface area contributed by atoms with Crippen LogP contribution in [0, 0.1) is 6.92 Å². The topological polar surface area (TPSA) is 95.6 Å². The summed E-state index contributed by atoms with van der Waals surface area (Å²) in [5.41, 5.74) is 2.40. The van der Waals surface area contributed by atoms with Crippen LogP contribution in [-0.2, 0) is 17.9 Å². The molecule has 2 aromatic carbocycles. The summed E-state index contributed by atoms with van der Waals surface area (Å²) in [5.74, 6) is 1.40. The number of hydrogen-bond donors (Lipinski definition) is 1. The lowest BCUT2D eigenvalue weighted by molar-refractivity contribution is -0.120. The van der Waals surface area contributed by atoms with Crippen LogP contribution in [0.5, 0.6) is 11.5 Å². The van der Waals surface area contributed by atoms with Gasteiger partial charge in [0.25, 0.3) is 5.56 Å². The number of fused-ring (bicyclic) bond motifs is 1. The Hall–Kier alpha value is -3.72. The molecule has 36 heavy (non-hydrogen) atoms. The molecular formula is C27H29N3O5S. The third-order valence-electron chi connectivity index (χ3n) is 5.82. The lowest BCUT2D eigenvalue weighted by Crippen LogP contribution is -2.33. The van der Waals surface area contributed by atoms with Gasteiger partial charge in [0.05, 0.1) is 43.2 Å². The first-order valence-corrected chi connectivity index (χ1v) is 12.5. The lowest BCUT2D eigenvalue weighted by Gasteiger charge is -2.18. The standard InChI is InChI=1S/C27H29N3O5S/c1-5-24(25(31)28-15-18-10-8-17(2)9-11-18)36-27-29-21-14-23(34-4)22(33-3)13-20(21)26(32)30(27)16-19-7-6-12-35-19/h6-14,24H,5,15-16H2,1-4H3,(H,28,31)/t24-/m0/s1. The van der Waals surface area contributed by atoms with Crippen molar-refractivity contribution in [3.8, 4) is 11.5 Å². The number of carbonyl (C=O) groups is 1. The smallest absolute Gasteiger partial charge is 0.262 e. The van der Waals surface area contributed by atoms with Gasteiger partial charge in [0, 0.05) is 12.6 Å². The molecule has 0 spiro atoms. The highest BCUT2D eigenvalue weighted by molar-refractivity contribution is 8.00. The second-order valence-electron chi connectivity index (χ2n) is 8.31. The maximum atomic E-state index is 13.6. The molecule has 1 amide bonds. The molecule has 0 aliphatic heterocycles. The number of carbonyl (C=O) groups excluding carboxylic acids is 1. The fourth-order valence-corrected chi connectivity index (χ4v) is 4.81. The Morgan fingerprint density at radius 1 is 1.14 bits per heavy atom. The maximum Gasteiger partial charge on any atom is 0.262 e. The number of aromatic nitrogens is 2. The van der Waals surface area contributed by atoms with Crippen molar-refractivity contribution in [1.29, 1.82) is 0 Å². The second kappa shape index (κ2) is 11.3. The zero-order valence-corrected chi connectivity index (χ0v) is 21.6. The van der Waals surface area contributed by atoms with E-state index in [9.17, 15) is 9.59 Å². The van der Waals surface area contributed by atoms with E-state index < -0.39 is 5.25 Å². The maximum absolute atomic E-state index is 13.6. The number of rotatable bonds is 10. The van der Waals surface area contributed by atoms with Crippen LogP contribution in [-0.4, -0.2) is 34.9 Å². The van der Waals surface area contributed by atoms with E-state index in [2.05, 4.69) is 5.32 Å². The van der Waals surface area contributed by atoms with Crippen LogP contribution in [0.1, 0.15) is 30.2 Å². The van der Waals surface area contributed by atoms with Gasteiger partial charge in [-0.3, -0.25) is 14.2 Å². The monoisotopic (exact) mass is 507 g/mol. The van der Waals surface area contributed by atoms with Crippen LogP contribution in [0.25, 0.3) is 10.9 Å². The predicted molar refractivity (Wildman–Crippen MR) is 140 cm³/mol. The number of nitrogens with zero attached hydrogens (tertiary/aromatic N) is 2. The van der Waals surface area contributed by atoms with Crippen LogP contribution in [0.15, 0.2) is 69.2 Å². The molecule has 0 aliphatic carbocycles. The van der Waals surface area contributed by atoms with Gasteiger partial charge in [-0.25, -0.2) is 4.98 Å². The van der Waals surface area contributed by atoms with E-state index in [1.807, 2.05) is 38.1 Å². The molecule has 0 fully saturated rings. The first-order chi connectivity index (χ1) is 17.4. The molecular weight excluding hydrogens is 478 g/mol. The summed E-state index contributed by atoms with van der Waals surface area (Å²) >= 11 is 1.26. The number of aryl methyl sites for hydroxylation is 1. The number of ether oxygens (including phenoxy) is 2. The van der Waals surface area contributed by atoms with Crippen LogP contribution in [0.3, 0.4) is 0 Å². The molecule has 8 nitrogen and oxygen atoms in total. The van der Waals surface area contributed by atoms with Gasteiger partial charge < -0.3 is 19.2 Å². The Labute approximate surface area is 213 Å². The SMILES string of the molecule is CC[C@H](Sc1nc2cc(OC)c(OC)cc2c(=O)n1Cc1ccco1)C(=O)NCc1ccc(C)cc1. The van der Waals surface area contributed by atoms with E-state index in [0.29, 0.717) is 46.3 Å². The molecule has 1 N–H and O–H groups in total. The average molecular weight is 508 g/mol. The lowest BCUT2D eigenvalue weighted by atomic mass is 10.1. The number of hydrogen-bond acceptors (Lipinski definition) is 7. The molecule has 2 heterocycles. The van der Waals surface area contributed by atoms with Crippen molar-refractivity contribution in [2.75, 3.05) is 14.2 Å².